The summed E-state index contributed by atoms with van der Waals surface area (Å²) >= 11 is 0. The zero-order valence-electron chi connectivity index (χ0n) is 14.8. The van der Waals surface area contributed by atoms with Crippen molar-refractivity contribution in [3.8, 4) is 16.9 Å². The van der Waals surface area contributed by atoms with E-state index in [0.29, 0.717) is 0 Å². The predicted molar refractivity (Wildman–Crippen MR) is 107 cm³/mol. The molecule has 0 saturated heterocycles. The number of rotatable bonds is 0. The summed E-state index contributed by atoms with van der Waals surface area (Å²) in [5, 5.41) is 19.3. The van der Waals surface area contributed by atoms with Gasteiger partial charge in [-0.2, -0.15) is 0 Å². The van der Waals surface area contributed by atoms with E-state index in [1.165, 1.54) is 12.1 Å². The second-order valence-electron chi connectivity index (χ2n) is 6.80. The van der Waals surface area contributed by atoms with Crippen molar-refractivity contribution in [3.63, 3.8) is 0 Å². The maximum atomic E-state index is 12.7. The van der Waals surface area contributed by atoms with Gasteiger partial charge in [0.25, 0.3) is 0 Å². The number of hydrogen-bond donors (Lipinski definition) is 2. The van der Waals surface area contributed by atoms with Gasteiger partial charge in [-0.15, -0.1) is 0 Å². The van der Waals surface area contributed by atoms with Crippen molar-refractivity contribution < 1.29 is 19.1 Å². The van der Waals surface area contributed by atoms with Crippen LogP contribution in [0.25, 0.3) is 11.1 Å². The lowest BCUT2D eigenvalue weighted by Crippen LogP contribution is -2.40. The van der Waals surface area contributed by atoms with Crippen LogP contribution in [0.5, 0.6) is 5.75 Å². The molecular weight excluding hydrogens is 341 g/mol. The zero-order valence-corrected chi connectivity index (χ0v) is 14.8. The van der Waals surface area contributed by atoms with E-state index in [2.05, 4.69) is 0 Å². The number of hydrogen-bond acceptors (Lipinski definition) is 3. The lowest BCUT2D eigenvalue weighted by molar-refractivity contribution is 0.431. The Morgan fingerprint density at radius 1 is 0.852 bits per heavy atom. The summed E-state index contributed by atoms with van der Waals surface area (Å²) in [6.07, 6.45) is 2.65. The average molecular weight is 360 g/mol. The minimum Gasteiger partial charge on any atom is -0.532 e. The van der Waals surface area contributed by atoms with Gasteiger partial charge in [0.15, 0.2) is 0 Å². The van der Waals surface area contributed by atoms with Crippen LogP contribution in [0.3, 0.4) is 0 Å². The minimum atomic E-state index is -0.851. The van der Waals surface area contributed by atoms with Crippen LogP contribution in [0.15, 0.2) is 66.7 Å². The van der Waals surface area contributed by atoms with Crippen molar-refractivity contribution in [3.05, 3.63) is 78.1 Å². The molecule has 27 heavy (non-hydrogen) atoms. The van der Waals surface area contributed by atoms with E-state index < -0.39 is 7.12 Å². The van der Waals surface area contributed by atoms with E-state index in [0.717, 1.165) is 52.5 Å². The van der Waals surface area contributed by atoms with Crippen molar-refractivity contribution in [2.45, 2.75) is 19.2 Å². The number of para-hydroxylation sites is 1. The first-order valence-corrected chi connectivity index (χ1v) is 9.13. The van der Waals surface area contributed by atoms with E-state index in [1.54, 1.807) is 6.07 Å². The number of aryl methyl sites for hydroxylation is 1. The van der Waals surface area contributed by atoms with Crippen LogP contribution in [0.1, 0.15) is 12.0 Å². The number of benzene rings is 3. The Balaban J connectivity index is 0.000000137. The molecule has 0 aliphatic carbocycles. The molecule has 0 aromatic heterocycles. The molecule has 3 aromatic carbocycles. The van der Waals surface area contributed by atoms with Crippen molar-refractivity contribution in [1.29, 1.82) is 0 Å². The first kappa shape index (κ1) is 17.8. The zero-order chi connectivity index (χ0) is 18.8. The molecule has 0 spiro atoms. The maximum Gasteiger partial charge on any atom is 0.560 e. The van der Waals surface area contributed by atoms with E-state index in [1.807, 2.05) is 48.5 Å². The molecule has 0 fully saturated rings. The molecule has 2 N–H and O–H groups in total. The van der Waals surface area contributed by atoms with Gasteiger partial charge in [0.1, 0.15) is 11.6 Å². The summed E-state index contributed by atoms with van der Waals surface area (Å²) < 4.78 is 18.2. The summed E-state index contributed by atoms with van der Waals surface area (Å²) in [7, 11) is -0.851. The third kappa shape index (κ3) is 3.64. The molecule has 0 amide bonds. The summed E-state index contributed by atoms with van der Waals surface area (Å²) in [4.78, 5) is 0. The van der Waals surface area contributed by atoms with Crippen LogP contribution in [0.2, 0.25) is 6.32 Å². The Morgan fingerprint density at radius 3 is 2.44 bits per heavy atom. The Hall–Kier alpha value is -2.56. The topological polar surface area (TPSA) is 49.7 Å². The smallest absolute Gasteiger partial charge is 0.532 e. The molecule has 2 aliphatic heterocycles. The lowest BCUT2D eigenvalue weighted by Gasteiger charge is -2.22. The fourth-order valence-corrected chi connectivity index (χ4v) is 3.69. The van der Waals surface area contributed by atoms with Crippen LogP contribution in [0.4, 0.5) is 4.39 Å². The highest BCUT2D eigenvalue weighted by Crippen LogP contribution is 2.32. The van der Waals surface area contributed by atoms with Crippen molar-refractivity contribution in [2.75, 3.05) is 0 Å². The predicted octanol–water partition coefficient (Wildman–Crippen LogP) is 2.40. The fraction of sp³-hybridized carbons (Fsp3) is 0.143. The van der Waals surface area contributed by atoms with Gasteiger partial charge in [-0.25, -0.2) is 4.39 Å². The highest BCUT2D eigenvalue weighted by atomic mass is 19.1. The number of fused-ring (bicyclic) bond motifs is 4. The van der Waals surface area contributed by atoms with E-state index >= 15 is 0 Å². The molecule has 0 saturated carbocycles. The third-order valence-corrected chi connectivity index (χ3v) is 5.03. The molecule has 0 bridgehead atoms. The van der Waals surface area contributed by atoms with E-state index in [4.69, 9.17) is 4.65 Å². The van der Waals surface area contributed by atoms with Crippen LogP contribution >= 0.6 is 0 Å². The Kier molecular flexibility index (Phi) is 5.01. The van der Waals surface area contributed by atoms with Crippen LogP contribution < -0.4 is 15.6 Å². The Bertz CT molecular complexity index is 964. The van der Waals surface area contributed by atoms with Crippen molar-refractivity contribution in [2.24, 2.45) is 0 Å². The molecule has 0 radical (unpaired) electrons. The van der Waals surface area contributed by atoms with E-state index in [9.17, 15) is 14.4 Å². The van der Waals surface area contributed by atoms with Gasteiger partial charge in [-0.3, -0.25) is 0 Å². The first-order chi connectivity index (χ1) is 13.1. The summed E-state index contributed by atoms with van der Waals surface area (Å²) in [6.45, 7) is -0.380. The second-order valence-corrected chi connectivity index (χ2v) is 6.80. The molecule has 0 atom stereocenters. The first-order valence-electron chi connectivity index (χ1n) is 9.13. The van der Waals surface area contributed by atoms with Crippen LogP contribution in [-0.2, 0) is 6.42 Å². The van der Waals surface area contributed by atoms with E-state index in [-0.39, 0.29) is 12.7 Å². The van der Waals surface area contributed by atoms with Gasteiger partial charge in [-0.1, -0.05) is 55.0 Å². The van der Waals surface area contributed by atoms with Gasteiger partial charge in [-0.05, 0) is 47.5 Å². The summed E-state index contributed by atoms with van der Waals surface area (Å²) in [5.41, 5.74) is 4.79. The van der Waals surface area contributed by atoms with Crippen molar-refractivity contribution >= 4 is 25.0 Å². The monoisotopic (exact) mass is 360 g/mol. The SMILES string of the molecule is OB1CCCc2cc(F)ccc21.OB1Oc2ccccc2-c2ccccc21. The molecule has 3 nitrogen and oxygen atoms in total. The summed E-state index contributed by atoms with van der Waals surface area (Å²) in [5.74, 6) is 0.534. The minimum absolute atomic E-state index is 0.206. The van der Waals surface area contributed by atoms with Gasteiger partial charge in [0, 0.05) is 11.0 Å². The van der Waals surface area contributed by atoms with Crippen molar-refractivity contribution in [1.82, 2.24) is 0 Å². The molecule has 134 valence electrons. The van der Waals surface area contributed by atoms with Gasteiger partial charge in [0.2, 0.25) is 0 Å². The lowest BCUT2D eigenvalue weighted by atomic mass is 9.53. The van der Waals surface area contributed by atoms with Gasteiger partial charge >= 0.3 is 14.0 Å². The normalized spacial score (nSPS) is 14.2. The molecular formula is C21H19B2FO3. The van der Waals surface area contributed by atoms with Gasteiger partial charge in [0.05, 0.1) is 0 Å². The fourth-order valence-electron chi connectivity index (χ4n) is 3.69. The average Bonchev–Trinajstić information content (AvgIpc) is 2.69. The second kappa shape index (κ2) is 7.59. The Labute approximate surface area is 158 Å². The number of halogens is 1. The molecule has 6 heteroatoms. The highest BCUT2D eigenvalue weighted by molar-refractivity contribution is 6.67. The molecule has 2 heterocycles. The summed E-state index contributed by atoms with van der Waals surface area (Å²) in [6, 6.07) is 20.1. The molecule has 5 rings (SSSR count). The standard InChI is InChI=1S/C12H9BO2.C9H10BFO/c14-13-11-7-3-1-5-9(11)10-6-2-4-8-12(10)15-13;11-8-3-4-9-7(6-8)2-1-5-10(9)12/h1-8,14H;3-4,6,12H,1-2,5H2. The molecule has 3 aromatic rings. The molecule has 2 aliphatic rings. The van der Waals surface area contributed by atoms with Crippen LogP contribution in [0, 0.1) is 5.82 Å². The highest BCUT2D eigenvalue weighted by Gasteiger charge is 2.29. The van der Waals surface area contributed by atoms with Gasteiger partial charge < -0.3 is 14.7 Å². The molecule has 0 unspecified atom stereocenters. The van der Waals surface area contributed by atoms with Crippen LogP contribution in [-0.4, -0.2) is 24.1 Å². The maximum absolute atomic E-state index is 12.7. The third-order valence-electron chi connectivity index (χ3n) is 5.03. The largest absolute Gasteiger partial charge is 0.560 e. The Morgan fingerprint density at radius 2 is 1.59 bits per heavy atom. The quantitative estimate of drug-likeness (QED) is 0.606.